The van der Waals surface area contributed by atoms with Crippen LogP contribution in [0.25, 0.3) is 66.1 Å². The van der Waals surface area contributed by atoms with Crippen molar-refractivity contribution in [2.75, 3.05) is 0 Å². The molecule has 0 saturated heterocycles. The lowest BCUT2D eigenvalue weighted by Crippen LogP contribution is -2.09. The van der Waals surface area contributed by atoms with Crippen LogP contribution in [0.2, 0.25) is 0 Å². The van der Waals surface area contributed by atoms with Crippen LogP contribution in [0, 0.1) is 36.5 Å². The summed E-state index contributed by atoms with van der Waals surface area (Å²) in [5, 5.41) is 24.4. The minimum atomic E-state index is -4.73. The fourth-order valence-corrected chi connectivity index (χ4v) is 7.21. The Morgan fingerprint density at radius 2 is 1.06 bits per heavy atom. The second-order valence-electron chi connectivity index (χ2n) is 12.0. The summed E-state index contributed by atoms with van der Waals surface area (Å²) in [6.45, 7) is 3.99. The van der Waals surface area contributed by atoms with E-state index in [1.54, 1.807) is 12.1 Å². The summed E-state index contributed by atoms with van der Waals surface area (Å²) >= 11 is 0. The van der Waals surface area contributed by atoms with E-state index in [1.165, 1.54) is 12.1 Å². The normalized spacial score (nSPS) is 11.8. The third kappa shape index (κ3) is 4.22. The van der Waals surface area contributed by atoms with Gasteiger partial charge in [0.1, 0.15) is 11.6 Å². The second-order valence-corrected chi connectivity index (χ2v) is 12.0. The molecule has 0 radical (unpaired) electrons. The van der Waals surface area contributed by atoms with Crippen molar-refractivity contribution in [3.8, 4) is 34.6 Å². The van der Waals surface area contributed by atoms with E-state index >= 15 is 0 Å². The Balaban J connectivity index is 1.61. The monoisotopic (exact) mass is 630 g/mol. The van der Waals surface area contributed by atoms with Gasteiger partial charge in [-0.2, -0.15) is 23.7 Å². The molecule has 48 heavy (non-hydrogen) atoms. The maximum Gasteiger partial charge on any atom is 0.417 e. The van der Waals surface area contributed by atoms with E-state index in [4.69, 9.17) is 0 Å². The van der Waals surface area contributed by atoms with Gasteiger partial charge in [-0.3, -0.25) is 0 Å². The van der Waals surface area contributed by atoms with Crippen LogP contribution < -0.4 is 0 Å². The Hall–Kier alpha value is -6.31. The van der Waals surface area contributed by atoms with Gasteiger partial charge in [-0.1, -0.05) is 78.9 Å². The van der Waals surface area contributed by atoms with Gasteiger partial charge in [0.05, 0.1) is 50.6 Å². The third-order valence-corrected chi connectivity index (χ3v) is 9.25. The highest BCUT2D eigenvalue weighted by molar-refractivity contribution is 6.12. The van der Waals surface area contributed by atoms with Crippen LogP contribution in [-0.2, 0) is 6.18 Å². The summed E-state index contributed by atoms with van der Waals surface area (Å²) in [7, 11) is 0. The Labute approximate surface area is 273 Å². The average Bonchev–Trinajstić information content (AvgIpc) is 3.62. The lowest BCUT2D eigenvalue weighted by molar-refractivity contribution is -0.137. The van der Waals surface area contributed by atoms with Gasteiger partial charge in [0.25, 0.3) is 0 Å². The Morgan fingerprint density at radius 1 is 0.562 bits per heavy atom. The van der Waals surface area contributed by atoms with Crippen molar-refractivity contribution in [1.29, 1.82) is 10.5 Å². The highest BCUT2D eigenvalue weighted by Crippen LogP contribution is 2.44. The molecule has 4 nitrogen and oxygen atoms in total. The molecule has 2 aromatic heterocycles. The van der Waals surface area contributed by atoms with Gasteiger partial charge in [-0.25, -0.2) is 0 Å². The molecule has 7 heteroatoms. The van der Waals surface area contributed by atoms with Crippen molar-refractivity contribution in [3.05, 3.63) is 143 Å². The molecular weight excluding hydrogens is 605 g/mol. The molecule has 230 valence electrons. The second kappa shape index (κ2) is 10.6. The van der Waals surface area contributed by atoms with Crippen LogP contribution in [0.5, 0.6) is 0 Å². The molecule has 0 aliphatic heterocycles. The van der Waals surface area contributed by atoms with Crippen LogP contribution in [-0.4, -0.2) is 9.13 Å². The summed E-state index contributed by atoms with van der Waals surface area (Å²) in [5.74, 6) is 0. The molecule has 0 atom stereocenters. The molecule has 0 spiro atoms. The van der Waals surface area contributed by atoms with Crippen LogP contribution in [0.3, 0.4) is 0 Å². The van der Waals surface area contributed by atoms with E-state index in [1.807, 2.05) is 114 Å². The number of nitrogens with zero attached hydrogens (tertiary/aromatic N) is 4. The first-order valence-corrected chi connectivity index (χ1v) is 15.4. The SMILES string of the molecule is Cc1cccc2c3ccccc3n(-c3cc(-c4ccc(C#N)cc4C(F)(F)F)cc(-n4c5ccccc5c5cccc(C)c54)c3C#N)c12. The maximum absolute atomic E-state index is 14.7. The van der Waals surface area contributed by atoms with E-state index in [0.29, 0.717) is 16.9 Å². The fraction of sp³-hybridized carbons (Fsp3) is 0.0732. The molecule has 8 rings (SSSR count). The van der Waals surface area contributed by atoms with Crippen LogP contribution in [0.1, 0.15) is 27.8 Å². The Kier molecular flexibility index (Phi) is 6.44. The number of nitriles is 2. The van der Waals surface area contributed by atoms with E-state index < -0.39 is 11.7 Å². The van der Waals surface area contributed by atoms with E-state index in [-0.39, 0.29) is 16.7 Å². The smallest absolute Gasteiger partial charge is 0.308 e. The average molecular weight is 631 g/mol. The van der Waals surface area contributed by atoms with Gasteiger partial charge in [-0.15, -0.1) is 0 Å². The molecular formula is C41H25F3N4. The first-order chi connectivity index (χ1) is 23.2. The predicted molar refractivity (Wildman–Crippen MR) is 184 cm³/mol. The van der Waals surface area contributed by atoms with Crippen molar-refractivity contribution in [1.82, 2.24) is 9.13 Å². The molecule has 0 aliphatic carbocycles. The predicted octanol–water partition coefficient (Wildman–Crippen LogP) is 10.9. The number of benzene rings is 6. The molecule has 0 unspecified atom stereocenters. The van der Waals surface area contributed by atoms with Gasteiger partial charge in [0.15, 0.2) is 0 Å². The number of hydrogen-bond donors (Lipinski definition) is 0. The number of para-hydroxylation sites is 4. The zero-order valence-corrected chi connectivity index (χ0v) is 25.9. The zero-order valence-electron chi connectivity index (χ0n) is 25.9. The summed E-state index contributed by atoms with van der Waals surface area (Å²) in [5.41, 5.74) is 5.74. The quantitative estimate of drug-likeness (QED) is 0.195. The van der Waals surface area contributed by atoms with Crippen molar-refractivity contribution >= 4 is 43.6 Å². The largest absolute Gasteiger partial charge is 0.417 e. The molecule has 0 amide bonds. The number of aryl methyl sites for hydroxylation is 2. The number of alkyl halides is 3. The molecule has 0 fully saturated rings. The highest BCUT2D eigenvalue weighted by Gasteiger charge is 2.35. The Morgan fingerprint density at radius 3 is 1.54 bits per heavy atom. The van der Waals surface area contributed by atoms with E-state index in [2.05, 4.69) is 6.07 Å². The summed E-state index contributed by atoms with van der Waals surface area (Å²) in [6.07, 6.45) is -4.73. The van der Waals surface area contributed by atoms with E-state index in [9.17, 15) is 23.7 Å². The lowest BCUT2D eigenvalue weighted by Gasteiger charge is -2.20. The lowest BCUT2D eigenvalue weighted by atomic mass is 9.94. The zero-order chi connectivity index (χ0) is 33.3. The minimum Gasteiger partial charge on any atom is -0.308 e. The number of fused-ring (bicyclic) bond motifs is 6. The molecule has 0 aliphatic rings. The van der Waals surface area contributed by atoms with Gasteiger partial charge in [-0.05, 0) is 72.5 Å². The summed E-state index contributed by atoms with van der Waals surface area (Å²) in [6, 6.07) is 39.0. The minimum absolute atomic E-state index is 0.0801. The van der Waals surface area contributed by atoms with Crippen molar-refractivity contribution < 1.29 is 13.2 Å². The summed E-state index contributed by atoms with van der Waals surface area (Å²) < 4.78 is 48.1. The summed E-state index contributed by atoms with van der Waals surface area (Å²) in [4.78, 5) is 0. The van der Waals surface area contributed by atoms with Gasteiger partial charge in [0, 0.05) is 21.5 Å². The van der Waals surface area contributed by atoms with Crippen molar-refractivity contribution in [2.45, 2.75) is 20.0 Å². The van der Waals surface area contributed by atoms with Crippen LogP contribution in [0.4, 0.5) is 13.2 Å². The number of halogens is 3. The molecule has 0 bridgehead atoms. The first-order valence-electron chi connectivity index (χ1n) is 15.4. The van der Waals surface area contributed by atoms with Gasteiger partial charge < -0.3 is 9.13 Å². The van der Waals surface area contributed by atoms with E-state index in [0.717, 1.165) is 60.8 Å². The standard InChI is InChI=1S/C41H25F3N4/c1-24-9-7-13-31-29-11-3-5-15-35(29)47(39(24)31)37-20-27(28-18-17-26(22-45)19-34(28)41(42,43)44)21-38(33(37)23-46)48-36-16-6-4-12-30(36)32-14-8-10-25(2)40(32)48/h3-21H,1-2H3. The third-order valence-electron chi connectivity index (χ3n) is 9.25. The molecule has 2 heterocycles. The molecule has 6 aromatic carbocycles. The first kappa shape index (κ1) is 29.1. The number of hydrogen-bond acceptors (Lipinski definition) is 2. The fourth-order valence-electron chi connectivity index (χ4n) is 7.21. The molecule has 8 aromatic rings. The molecule has 0 saturated carbocycles. The van der Waals surface area contributed by atoms with Gasteiger partial charge in [0.2, 0.25) is 0 Å². The van der Waals surface area contributed by atoms with Gasteiger partial charge >= 0.3 is 6.18 Å². The Bertz CT molecular complexity index is 2570. The topological polar surface area (TPSA) is 57.4 Å². The van der Waals surface area contributed by atoms with Crippen LogP contribution >= 0.6 is 0 Å². The maximum atomic E-state index is 14.7. The van der Waals surface area contributed by atoms with Crippen LogP contribution in [0.15, 0.2) is 115 Å². The number of rotatable bonds is 3. The highest BCUT2D eigenvalue weighted by atomic mass is 19.4. The molecule has 0 N–H and O–H groups in total. The van der Waals surface area contributed by atoms with Crippen molar-refractivity contribution in [2.24, 2.45) is 0 Å². The van der Waals surface area contributed by atoms with Crippen molar-refractivity contribution in [3.63, 3.8) is 0 Å². The number of aromatic nitrogens is 2.